The summed E-state index contributed by atoms with van der Waals surface area (Å²) in [7, 11) is 3.85. The molecular formula is C13H20N6. The predicted octanol–water partition coefficient (Wildman–Crippen LogP) is 1.15. The van der Waals surface area contributed by atoms with Gasteiger partial charge in [-0.15, -0.1) is 0 Å². The second-order valence-corrected chi connectivity index (χ2v) is 5.05. The highest BCUT2D eigenvalue weighted by Crippen LogP contribution is 2.18. The Morgan fingerprint density at radius 3 is 3.11 bits per heavy atom. The molecule has 0 aromatic carbocycles. The van der Waals surface area contributed by atoms with Gasteiger partial charge in [-0.05, 0) is 32.4 Å². The zero-order chi connectivity index (χ0) is 13.7. The zero-order valence-electron chi connectivity index (χ0n) is 11.5. The Kier molecular flexibility index (Phi) is 4.53. The molecular weight excluding hydrogens is 240 g/mol. The molecule has 1 fully saturated rings. The van der Waals surface area contributed by atoms with Gasteiger partial charge in [0, 0.05) is 26.2 Å². The van der Waals surface area contributed by atoms with E-state index in [1.807, 2.05) is 6.19 Å². The lowest BCUT2D eigenvalue weighted by Gasteiger charge is -2.12. The Hall–Kier alpha value is -1.87. The summed E-state index contributed by atoms with van der Waals surface area (Å²) in [5.74, 6) is 2.17. The molecule has 0 aliphatic carbocycles. The second-order valence-electron chi connectivity index (χ2n) is 5.05. The molecule has 6 nitrogen and oxygen atoms in total. The van der Waals surface area contributed by atoms with Gasteiger partial charge in [-0.1, -0.05) is 0 Å². The van der Waals surface area contributed by atoms with Crippen molar-refractivity contribution in [3.05, 3.63) is 12.4 Å². The van der Waals surface area contributed by atoms with Crippen molar-refractivity contribution < 1.29 is 0 Å². The molecule has 102 valence electrons. The summed E-state index contributed by atoms with van der Waals surface area (Å²) in [6.07, 6.45) is 5.94. The summed E-state index contributed by atoms with van der Waals surface area (Å²) in [6, 6.07) is 1.80. The number of nitriles is 1. The maximum absolute atomic E-state index is 8.81. The van der Waals surface area contributed by atoms with E-state index in [1.165, 1.54) is 30.7 Å². The van der Waals surface area contributed by atoms with E-state index in [4.69, 9.17) is 5.26 Å². The lowest BCUT2D eigenvalue weighted by atomic mass is 10.1. The maximum Gasteiger partial charge on any atom is 0.185 e. The van der Waals surface area contributed by atoms with Crippen molar-refractivity contribution in [2.24, 2.45) is 5.92 Å². The fourth-order valence-corrected chi connectivity index (χ4v) is 2.34. The Bertz CT molecular complexity index is 455. The molecule has 0 bridgehead atoms. The molecule has 1 aliphatic heterocycles. The van der Waals surface area contributed by atoms with E-state index in [-0.39, 0.29) is 0 Å². The van der Waals surface area contributed by atoms with Gasteiger partial charge in [0.2, 0.25) is 0 Å². The highest BCUT2D eigenvalue weighted by molar-refractivity contribution is 5.50. The average Bonchev–Trinajstić information content (AvgIpc) is 2.84. The van der Waals surface area contributed by atoms with Crippen molar-refractivity contribution in [1.82, 2.24) is 14.9 Å². The number of hydrogen-bond acceptors (Lipinski definition) is 6. The van der Waals surface area contributed by atoms with E-state index >= 15 is 0 Å². The van der Waals surface area contributed by atoms with E-state index in [2.05, 4.69) is 27.2 Å². The molecule has 1 aromatic heterocycles. The third-order valence-electron chi connectivity index (χ3n) is 3.49. The molecule has 19 heavy (non-hydrogen) atoms. The zero-order valence-corrected chi connectivity index (χ0v) is 11.5. The SMILES string of the molecule is CN1CCC(CCNc2cc(N(C)C#N)ncn2)C1. The van der Waals surface area contributed by atoms with Crippen LogP contribution in [0.15, 0.2) is 12.4 Å². The summed E-state index contributed by atoms with van der Waals surface area (Å²) in [6.45, 7) is 3.30. The number of hydrogen-bond donors (Lipinski definition) is 1. The van der Waals surface area contributed by atoms with E-state index in [1.54, 1.807) is 13.1 Å². The van der Waals surface area contributed by atoms with E-state index in [9.17, 15) is 0 Å². The van der Waals surface area contributed by atoms with Gasteiger partial charge >= 0.3 is 0 Å². The van der Waals surface area contributed by atoms with Crippen LogP contribution in [-0.2, 0) is 0 Å². The first-order valence-electron chi connectivity index (χ1n) is 6.57. The number of aromatic nitrogens is 2. The minimum atomic E-state index is 0.612. The largest absolute Gasteiger partial charge is 0.370 e. The third kappa shape index (κ3) is 3.80. The van der Waals surface area contributed by atoms with E-state index in [0.717, 1.165) is 24.7 Å². The van der Waals surface area contributed by atoms with Gasteiger partial charge in [0.05, 0.1) is 0 Å². The van der Waals surface area contributed by atoms with Gasteiger partial charge in [0.25, 0.3) is 0 Å². The van der Waals surface area contributed by atoms with Crippen LogP contribution in [0.2, 0.25) is 0 Å². The second kappa shape index (κ2) is 6.34. The van der Waals surface area contributed by atoms with Crippen LogP contribution in [-0.4, -0.2) is 48.6 Å². The highest BCUT2D eigenvalue weighted by atomic mass is 15.2. The monoisotopic (exact) mass is 260 g/mol. The van der Waals surface area contributed by atoms with Crippen LogP contribution >= 0.6 is 0 Å². The predicted molar refractivity (Wildman–Crippen MR) is 74.8 cm³/mol. The van der Waals surface area contributed by atoms with Gasteiger partial charge in [-0.25, -0.2) is 9.97 Å². The Morgan fingerprint density at radius 1 is 1.58 bits per heavy atom. The molecule has 1 atom stereocenters. The number of likely N-dealkylation sites (tertiary alicyclic amines) is 1. The summed E-state index contributed by atoms with van der Waals surface area (Å²) in [5.41, 5.74) is 0. The van der Waals surface area contributed by atoms with Gasteiger partial charge in [-0.2, -0.15) is 5.26 Å². The normalized spacial score (nSPS) is 19.1. The van der Waals surface area contributed by atoms with Crippen molar-refractivity contribution in [3.8, 4) is 6.19 Å². The van der Waals surface area contributed by atoms with Crippen LogP contribution in [0.3, 0.4) is 0 Å². The van der Waals surface area contributed by atoms with Crippen molar-refractivity contribution in [1.29, 1.82) is 5.26 Å². The lowest BCUT2D eigenvalue weighted by molar-refractivity contribution is 0.390. The standard InChI is InChI=1S/C13H20N6/c1-18-6-4-11(8-18)3-5-15-12-7-13(17-10-16-12)19(2)9-14/h7,10-11H,3-6,8H2,1-2H3,(H,15,16,17). The van der Waals surface area contributed by atoms with Crippen LogP contribution in [0.25, 0.3) is 0 Å². The fourth-order valence-electron chi connectivity index (χ4n) is 2.34. The minimum absolute atomic E-state index is 0.612. The number of rotatable bonds is 5. The summed E-state index contributed by atoms with van der Waals surface area (Å²) in [4.78, 5) is 12.0. The summed E-state index contributed by atoms with van der Waals surface area (Å²) < 4.78 is 0. The maximum atomic E-state index is 8.81. The Balaban J connectivity index is 1.81. The van der Waals surface area contributed by atoms with Crippen LogP contribution in [0.5, 0.6) is 0 Å². The van der Waals surface area contributed by atoms with Crippen LogP contribution < -0.4 is 10.2 Å². The number of anilines is 2. The molecule has 0 radical (unpaired) electrons. The summed E-state index contributed by atoms with van der Waals surface area (Å²) in [5, 5.41) is 12.1. The minimum Gasteiger partial charge on any atom is -0.370 e. The van der Waals surface area contributed by atoms with Gasteiger partial charge in [0.1, 0.15) is 18.0 Å². The molecule has 1 aliphatic rings. The first-order chi connectivity index (χ1) is 9.19. The Morgan fingerprint density at radius 2 is 2.42 bits per heavy atom. The van der Waals surface area contributed by atoms with Gasteiger partial charge in [-0.3, -0.25) is 4.90 Å². The molecule has 6 heteroatoms. The van der Waals surface area contributed by atoms with E-state index in [0.29, 0.717) is 5.82 Å². The van der Waals surface area contributed by atoms with Crippen LogP contribution in [0.1, 0.15) is 12.8 Å². The van der Waals surface area contributed by atoms with Crippen molar-refractivity contribution >= 4 is 11.6 Å². The van der Waals surface area contributed by atoms with Gasteiger partial charge < -0.3 is 10.2 Å². The highest BCUT2D eigenvalue weighted by Gasteiger charge is 2.18. The summed E-state index contributed by atoms with van der Waals surface area (Å²) >= 11 is 0. The van der Waals surface area contributed by atoms with Crippen molar-refractivity contribution in [2.75, 3.05) is 43.9 Å². The van der Waals surface area contributed by atoms with Crippen molar-refractivity contribution in [3.63, 3.8) is 0 Å². The Labute approximate surface area is 114 Å². The molecule has 0 spiro atoms. The number of nitrogens with zero attached hydrogens (tertiary/aromatic N) is 5. The topological polar surface area (TPSA) is 68.1 Å². The molecule has 2 heterocycles. The third-order valence-corrected chi connectivity index (χ3v) is 3.49. The van der Waals surface area contributed by atoms with E-state index < -0.39 is 0 Å². The first-order valence-corrected chi connectivity index (χ1v) is 6.57. The van der Waals surface area contributed by atoms with Crippen LogP contribution in [0.4, 0.5) is 11.6 Å². The van der Waals surface area contributed by atoms with Crippen molar-refractivity contribution in [2.45, 2.75) is 12.8 Å². The molecule has 1 aromatic rings. The quantitative estimate of drug-likeness (QED) is 0.632. The molecule has 0 saturated carbocycles. The number of nitrogens with one attached hydrogen (secondary N) is 1. The average molecular weight is 260 g/mol. The molecule has 0 amide bonds. The van der Waals surface area contributed by atoms with Crippen LogP contribution in [0, 0.1) is 17.4 Å². The smallest absolute Gasteiger partial charge is 0.185 e. The molecule has 2 rings (SSSR count). The molecule has 1 unspecified atom stereocenters. The lowest BCUT2D eigenvalue weighted by Crippen LogP contribution is -2.16. The molecule has 1 saturated heterocycles. The first kappa shape index (κ1) is 13.6. The molecule has 1 N–H and O–H groups in total. The fraction of sp³-hybridized carbons (Fsp3) is 0.615. The van der Waals surface area contributed by atoms with Gasteiger partial charge in [0.15, 0.2) is 6.19 Å².